The predicted molar refractivity (Wildman–Crippen MR) is 88.5 cm³/mol. The molecular formula is C17H20ClN3O2. The van der Waals surface area contributed by atoms with E-state index in [-0.39, 0.29) is 24.4 Å². The van der Waals surface area contributed by atoms with Gasteiger partial charge in [0.25, 0.3) is 5.91 Å². The third-order valence-electron chi connectivity index (χ3n) is 4.57. The Labute approximate surface area is 141 Å². The molecule has 4 rings (SSSR count). The van der Waals surface area contributed by atoms with Crippen molar-refractivity contribution in [2.24, 2.45) is 0 Å². The number of carbonyl (C=O) groups is 1. The lowest BCUT2D eigenvalue weighted by molar-refractivity contribution is 0.0714. The highest BCUT2D eigenvalue weighted by atomic mass is 35.5. The molecule has 2 aromatic rings. The number of carbonyl (C=O) groups excluding carboxylic acids is 1. The van der Waals surface area contributed by atoms with Crippen LogP contribution >= 0.6 is 12.4 Å². The third kappa shape index (κ3) is 2.86. The van der Waals surface area contributed by atoms with Crippen molar-refractivity contribution in [3.05, 3.63) is 52.4 Å². The topological polar surface area (TPSA) is 58.4 Å². The number of nitrogens with zero attached hydrogens (tertiary/aromatic N) is 2. The van der Waals surface area contributed by atoms with Gasteiger partial charge in [-0.1, -0.05) is 11.2 Å². The van der Waals surface area contributed by atoms with E-state index in [9.17, 15) is 4.79 Å². The predicted octanol–water partition coefficient (Wildman–Crippen LogP) is 2.99. The van der Waals surface area contributed by atoms with Crippen molar-refractivity contribution in [2.45, 2.75) is 38.9 Å². The van der Waals surface area contributed by atoms with Crippen LogP contribution in [-0.4, -0.2) is 22.5 Å². The molecule has 2 aliphatic heterocycles. The van der Waals surface area contributed by atoms with Crippen molar-refractivity contribution < 1.29 is 9.32 Å². The molecule has 1 unspecified atom stereocenters. The first-order valence-corrected chi connectivity index (χ1v) is 7.79. The SMILES string of the molecule is Cc1cc(C2CCCN2C(=O)c2ccc3c(c2)CNC3)on1.Cl. The van der Waals surface area contributed by atoms with Gasteiger partial charge in [0, 0.05) is 31.3 Å². The van der Waals surface area contributed by atoms with Gasteiger partial charge in [-0.15, -0.1) is 12.4 Å². The Balaban J connectivity index is 0.00000156. The summed E-state index contributed by atoms with van der Waals surface area (Å²) in [5.41, 5.74) is 4.15. The normalized spacial score (nSPS) is 19.5. The summed E-state index contributed by atoms with van der Waals surface area (Å²) in [5.74, 6) is 0.887. The Hall–Kier alpha value is -1.85. The molecule has 1 N–H and O–H groups in total. The first-order chi connectivity index (χ1) is 10.7. The van der Waals surface area contributed by atoms with E-state index in [2.05, 4.69) is 16.5 Å². The Morgan fingerprint density at radius 1 is 1.30 bits per heavy atom. The smallest absolute Gasteiger partial charge is 0.254 e. The van der Waals surface area contributed by atoms with Crippen LogP contribution in [0.2, 0.25) is 0 Å². The Morgan fingerprint density at radius 3 is 2.91 bits per heavy atom. The standard InChI is InChI=1S/C17H19N3O2.ClH/c1-11-7-16(22-19-11)15-3-2-6-20(15)17(21)12-4-5-13-9-18-10-14(13)8-12;/h4-5,7-8,15,18H,2-3,6,9-10H2,1H3;1H. The van der Waals surface area contributed by atoms with Crippen LogP contribution in [0.4, 0.5) is 0 Å². The number of fused-ring (bicyclic) bond motifs is 1. The molecule has 0 bridgehead atoms. The number of hydrogen-bond donors (Lipinski definition) is 1. The second-order valence-electron chi connectivity index (χ2n) is 6.11. The van der Waals surface area contributed by atoms with Crippen molar-refractivity contribution in [3.8, 4) is 0 Å². The number of hydrogen-bond acceptors (Lipinski definition) is 4. The fourth-order valence-corrected chi connectivity index (χ4v) is 3.44. The van der Waals surface area contributed by atoms with E-state index >= 15 is 0 Å². The lowest BCUT2D eigenvalue weighted by Gasteiger charge is -2.23. The van der Waals surface area contributed by atoms with E-state index in [4.69, 9.17) is 4.52 Å². The number of nitrogens with one attached hydrogen (secondary N) is 1. The van der Waals surface area contributed by atoms with Crippen LogP contribution in [0.25, 0.3) is 0 Å². The molecule has 0 spiro atoms. The summed E-state index contributed by atoms with van der Waals surface area (Å²) in [5, 5.41) is 7.27. The quantitative estimate of drug-likeness (QED) is 0.918. The number of likely N-dealkylation sites (tertiary alicyclic amines) is 1. The Morgan fingerprint density at radius 2 is 2.13 bits per heavy atom. The number of aromatic nitrogens is 1. The molecule has 1 saturated heterocycles. The van der Waals surface area contributed by atoms with Crippen molar-refractivity contribution in [1.29, 1.82) is 0 Å². The molecule has 0 radical (unpaired) electrons. The van der Waals surface area contributed by atoms with E-state index < -0.39 is 0 Å². The monoisotopic (exact) mass is 333 g/mol. The molecule has 2 aliphatic rings. The molecule has 3 heterocycles. The van der Waals surface area contributed by atoms with Crippen LogP contribution in [0.5, 0.6) is 0 Å². The summed E-state index contributed by atoms with van der Waals surface area (Å²) < 4.78 is 5.38. The van der Waals surface area contributed by atoms with Crippen molar-refractivity contribution >= 4 is 18.3 Å². The van der Waals surface area contributed by atoms with E-state index in [0.29, 0.717) is 0 Å². The number of aryl methyl sites for hydroxylation is 1. The molecule has 122 valence electrons. The van der Waals surface area contributed by atoms with Gasteiger partial charge < -0.3 is 14.7 Å². The fraction of sp³-hybridized carbons (Fsp3) is 0.412. The highest BCUT2D eigenvalue weighted by Gasteiger charge is 2.33. The van der Waals surface area contributed by atoms with Crippen LogP contribution in [-0.2, 0) is 13.1 Å². The van der Waals surface area contributed by atoms with Gasteiger partial charge in [-0.05, 0) is 43.0 Å². The minimum atomic E-state index is 0. The van der Waals surface area contributed by atoms with Crippen LogP contribution < -0.4 is 5.32 Å². The number of rotatable bonds is 2. The third-order valence-corrected chi connectivity index (χ3v) is 4.57. The Bertz CT molecular complexity index is 728. The zero-order valence-corrected chi connectivity index (χ0v) is 13.9. The fourth-order valence-electron chi connectivity index (χ4n) is 3.44. The van der Waals surface area contributed by atoms with Crippen molar-refractivity contribution in [3.63, 3.8) is 0 Å². The molecule has 1 atom stereocenters. The number of amides is 1. The van der Waals surface area contributed by atoms with E-state index in [1.165, 1.54) is 11.1 Å². The lowest BCUT2D eigenvalue weighted by Crippen LogP contribution is -2.30. The van der Waals surface area contributed by atoms with Crippen molar-refractivity contribution in [1.82, 2.24) is 15.4 Å². The first kappa shape index (κ1) is 16.0. The largest absolute Gasteiger partial charge is 0.359 e. The summed E-state index contributed by atoms with van der Waals surface area (Å²) >= 11 is 0. The molecule has 1 aromatic heterocycles. The van der Waals surface area contributed by atoms with Gasteiger partial charge in [-0.25, -0.2) is 0 Å². The van der Waals surface area contributed by atoms with Gasteiger partial charge in [-0.3, -0.25) is 4.79 Å². The van der Waals surface area contributed by atoms with Crippen molar-refractivity contribution in [2.75, 3.05) is 6.54 Å². The maximum atomic E-state index is 12.9. The minimum Gasteiger partial charge on any atom is -0.359 e. The minimum absolute atomic E-state index is 0. The van der Waals surface area contributed by atoms with E-state index in [0.717, 1.165) is 49.5 Å². The average Bonchev–Trinajstić information content (AvgIpc) is 3.25. The van der Waals surface area contributed by atoms with E-state index in [1.54, 1.807) is 0 Å². The highest BCUT2D eigenvalue weighted by molar-refractivity contribution is 5.95. The second kappa shape index (κ2) is 6.34. The molecule has 1 fully saturated rings. The molecule has 1 aromatic carbocycles. The summed E-state index contributed by atoms with van der Waals surface area (Å²) in [6.45, 7) is 4.43. The van der Waals surface area contributed by atoms with Gasteiger partial charge in [-0.2, -0.15) is 0 Å². The second-order valence-corrected chi connectivity index (χ2v) is 6.11. The van der Waals surface area contributed by atoms with Gasteiger partial charge in [0.1, 0.15) is 0 Å². The zero-order chi connectivity index (χ0) is 15.1. The van der Waals surface area contributed by atoms with Crippen LogP contribution in [0.3, 0.4) is 0 Å². The van der Waals surface area contributed by atoms with Crippen LogP contribution in [0.1, 0.15) is 51.8 Å². The van der Waals surface area contributed by atoms with Crippen LogP contribution in [0.15, 0.2) is 28.8 Å². The maximum Gasteiger partial charge on any atom is 0.254 e. The molecule has 5 nitrogen and oxygen atoms in total. The highest BCUT2D eigenvalue weighted by Crippen LogP contribution is 2.33. The molecule has 0 saturated carbocycles. The molecular weight excluding hydrogens is 314 g/mol. The summed E-state index contributed by atoms with van der Waals surface area (Å²) in [7, 11) is 0. The molecule has 0 aliphatic carbocycles. The first-order valence-electron chi connectivity index (χ1n) is 7.79. The van der Waals surface area contributed by atoms with E-state index in [1.807, 2.05) is 30.0 Å². The van der Waals surface area contributed by atoms with Crippen LogP contribution in [0, 0.1) is 6.92 Å². The van der Waals surface area contributed by atoms with Gasteiger partial charge in [0.15, 0.2) is 5.76 Å². The van der Waals surface area contributed by atoms with Gasteiger partial charge in [0.2, 0.25) is 0 Å². The average molecular weight is 334 g/mol. The summed E-state index contributed by atoms with van der Waals surface area (Å²) in [6.07, 6.45) is 1.94. The molecule has 6 heteroatoms. The summed E-state index contributed by atoms with van der Waals surface area (Å²) in [6, 6.07) is 7.98. The maximum absolute atomic E-state index is 12.9. The van der Waals surface area contributed by atoms with Gasteiger partial charge >= 0.3 is 0 Å². The zero-order valence-electron chi connectivity index (χ0n) is 13.0. The molecule has 1 amide bonds. The summed E-state index contributed by atoms with van der Waals surface area (Å²) in [4.78, 5) is 14.8. The molecule has 23 heavy (non-hydrogen) atoms. The number of halogens is 1. The Kier molecular flexibility index (Phi) is 4.41. The van der Waals surface area contributed by atoms with Gasteiger partial charge in [0.05, 0.1) is 11.7 Å². The lowest BCUT2D eigenvalue weighted by atomic mass is 10.0. The number of benzene rings is 1.